The summed E-state index contributed by atoms with van der Waals surface area (Å²) < 4.78 is 5.81. The highest BCUT2D eigenvalue weighted by molar-refractivity contribution is 14.0. The van der Waals surface area contributed by atoms with Gasteiger partial charge in [0.2, 0.25) is 5.91 Å². The van der Waals surface area contributed by atoms with Gasteiger partial charge < -0.3 is 19.9 Å². The number of nitrogens with zero attached hydrogens (tertiary/aromatic N) is 3. The smallest absolute Gasteiger partial charge is 0.222 e. The summed E-state index contributed by atoms with van der Waals surface area (Å²) in [6.07, 6.45) is 1.63. The van der Waals surface area contributed by atoms with Crippen LogP contribution in [0.3, 0.4) is 0 Å². The van der Waals surface area contributed by atoms with Crippen molar-refractivity contribution in [3.05, 3.63) is 65.7 Å². The summed E-state index contributed by atoms with van der Waals surface area (Å²) in [5, 5.41) is 3.36. The van der Waals surface area contributed by atoms with E-state index in [0.717, 1.165) is 43.3 Å². The van der Waals surface area contributed by atoms with Gasteiger partial charge in [0.05, 0.1) is 13.1 Å². The van der Waals surface area contributed by atoms with Crippen LogP contribution in [0.15, 0.2) is 59.6 Å². The third kappa shape index (κ3) is 7.72. The molecule has 1 N–H and O–H groups in total. The molecule has 0 spiro atoms. The first-order valence-corrected chi connectivity index (χ1v) is 10.7. The van der Waals surface area contributed by atoms with Crippen molar-refractivity contribution in [3.63, 3.8) is 0 Å². The lowest BCUT2D eigenvalue weighted by atomic mass is 10.1. The van der Waals surface area contributed by atoms with E-state index in [2.05, 4.69) is 29.3 Å². The van der Waals surface area contributed by atoms with Crippen molar-refractivity contribution in [2.24, 2.45) is 4.99 Å². The first-order chi connectivity index (χ1) is 14.7. The highest BCUT2D eigenvalue weighted by atomic mass is 127. The summed E-state index contributed by atoms with van der Waals surface area (Å²) in [4.78, 5) is 20.9. The van der Waals surface area contributed by atoms with Crippen molar-refractivity contribution in [2.45, 2.75) is 32.9 Å². The van der Waals surface area contributed by atoms with Crippen LogP contribution in [-0.4, -0.2) is 55.0 Å². The van der Waals surface area contributed by atoms with E-state index >= 15 is 0 Å². The molecule has 1 saturated heterocycles. The van der Waals surface area contributed by atoms with Gasteiger partial charge in [0, 0.05) is 33.1 Å². The number of guanidine groups is 1. The van der Waals surface area contributed by atoms with Crippen molar-refractivity contribution in [2.75, 3.05) is 33.3 Å². The molecule has 1 aliphatic heterocycles. The topological polar surface area (TPSA) is 57.2 Å². The van der Waals surface area contributed by atoms with E-state index in [4.69, 9.17) is 9.73 Å². The van der Waals surface area contributed by atoms with Crippen LogP contribution in [0.1, 0.15) is 30.9 Å². The maximum Gasteiger partial charge on any atom is 0.222 e. The number of rotatable bonds is 9. The molecule has 1 aliphatic rings. The molecule has 31 heavy (non-hydrogen) atoms. The molecule has 2 aromatic rings. The largest absolute Gasteiger partial charge is 0.492 e. The summed E-state index contributed by atoms with van der Waals surface area (Å²) in [5.41, 5.74) is 2.32. The van der Waals surface area contributed by atoms with Crippen molar-refractivity contribution in [1.29, 1.82) is 0 Å². The van der Waals surface area contributed by atoms with Gasteiger partial charge in [-0.2, -0.15) is 0 Å². The van der Waals surface area contributed by atoms with Gasteiger partial charge in [-0.15, -0.1) is 24.0 Å². The third-order valence-corrected chi connectivity index (χ3v) is 5.19. The second kappa shape index (κ2) is 13.2. The number of amides is 1. The van der Waals surface area contributed by atoms with E-state index in [1.165, 1.54) is 5.56 Å². The molecular formula is C24H33IN4O2. The Hall–Kier alpha value is -2.29. The Morgan fingerprint density at radius 2 is 1.84 bits per heavy atom. The number of benzene rings is 2. The maximum absolute atomic E-state index is 12.0. The van der Waals surface area contributed by atoms with Crippen LogP contribution in [0.2, 0.25) is 0 Å². The minimum absolute atomic E-state index is 0. The predicted octanol–water partition coefficient (Wildman–Crippen LogP) is 3.90. The molecule has 0 unspecified atom stereocenters. The van der Waals surface area contributed by atoms with Crippen molar-refractivity contribution >= 4 is 35.8 Å². The van der Waals surface area contributed by atoms with E-state index in [1.54, 1.807) is 0 Å². The van der Waals surface area contributed by atoms with Gasteiger partial charge in [-0.05, 0) is 36.6 Å². The lowest BCUT2D eigenvalue weighted by Crippen LogP contribution is -2.40. The zero-order chi connectivity index (χ0) is 21.2. The molecule has 0 aliphatic carbocycles. The zero-order valence-electron chi connectivity index (χ0n) is 18.4. The van der Waals surface area contributed by atoms with Crippen LogP contribution in [-0.2, 0) is 17.9 Å². The molecule has 6 nitrogen and oxygen atoms in total. The summed E-state index contributed by atoms with van der Waals surface area (Å²) in [7, 11) is 2.02. The molecule has 1 fully saturated rings. The average molecular weight is 536 g/mol. The Bertz CT molecular complexity index is 844. The fourth-order valence-electron chi connectivity index (χ4n) is 3.50. The van der Waals surface area contributed by atoms with Crippen LogP contribution in [0, 0.1) is 0 Å². The molecule has 1 amide bonds. The second-order valence-electron chi connectivity index (χ2n) is 7.44. The van der Waals surface area contributed by atoms with Gasteiger partial charge in [0.15, 0.2) is 5.96 Å². The maximum atomic E-state index is 12.0. The molecular weight excluding hydrogens is 503 g/mol. The summed E-state index contributed by atoms with van der Waals surface area (Å²) in [6, 6.07) is 18.1. The van der Waals surface area contributed by atoms with Crippen molar-refractivity contribution < 1.29 is 9.53 Å². The number of likely N-dealkylation sites (N-methyl/N-ethyl adjacent to an activating group) is 1. The molecule has 1 heterocycles. The number of aliphatic imine (C=N–C) groups is 1. The molecule has 0 bridgehead atoms. The highest BCUT2D eigenvalue weighted by Crippen LogP contribution is 2.18. The van der Waals surface area contributed by atoms with Crippen LogP contribution < -0.4 is 10.1 Å². The fourth-order valence-corrected chi connectivity index (χ4v) is 3.50. The summed E-state index contributed by atoms with van der Waals surface area (Å²) in [6.45, 7) is 6.27. The monoisotopic (exact) mass is 536 g/mol. The summed E-state index contributed by atoms with van der Waals surface area (Å²) >= 11 is 0. The first-order valence-electron chi connectivity index (χ1n) is 10.7. The van der Waals surface area contributed by atoms with Gasteiger partial charge in [-0.3, -0.25) is 4.79 Å². The average Bonchev–Trinajstić information content (AvgIpc) is 3.17. The van der Waals surface area contributed by atoms with Crippen LogP contribution in [0.4, 0.5) is 0 Å². The molecule has 0 atom stereocenters. The number of hydrogen-bond acceptors (Lipinski definition) is 3. The number of carbonyl (C=O) groups is 1. The predicted molar refractivity (Wildman–Crippen MR) is 136 cm³/mol. The fraction of sp³-hybridized carbons (Fsp3) is 0.417. The number of ether oxygens (including phenoxy) is 1. The molecule has 7 heteroatoms. The Balaban J connectivity index is 0.00000341. The zero-order valence-corrected chi connectivity index (χ0v) is 20.7. The minimum Gasteiger partial charge on any atom is -0.492 e. The molecule has 3 rings (SSSR count). The Morgan fingerprint density at radius 1 is 1.13 bits per heavy atom. The van der Waals surface area contributed by atoms with Gasteiger partial charge in [-0.1, -0.05) is 42.5 Å². The van der Waals surface area contributed by atoms with E-state index in [9.17, 15) is 4.79 Å². The number of para-hydroxylation sites is 1. The molecule has 0 saturated carbocycles. The van der Waals surface area contributed by atoms with Crippen molar-refractivity contribution in [3.8, 4) is 5.75 Å². The normalized spacial score (nSPS) is 13.7. The van der Waals surface area contributed by atoms with Gasteiger partial charge >= 0.3 is 0 Å². The lowest BCUT2D eigenvalue weighted by Gasteiger charge is -2.22. The Morgan fingerprint density at radius 3 is 2.52 bits per heavy atom. The number of likely N-dealkylation sites (tertiary alicyclic amines) is 1. The van der Waals surface area contributed by atoms with Crippen LogP contribution in [0.25, 0.3) is 0 Å². The first kappa shape index (κ1) is 25.0. The van der Waals surface area contributed by atoms with Gasteiger partial charge in [-0.25, -0.2) is 4.99 Å². The van der Waals surface area contributed by atoms with E-state index in [0.29, 0.717) is 26.1 Å². The number of hydrogen-bond donors (Lipinski definition) is 1. The lowest BCUT2D eigenvalue weighted by molar-refractivity contribution is -0.128. The molecule has 0 aromatic heterocycles. The number of carbonyl (C=O) groups excluding carboxylic acids is 1. The molecule has 2 aromatic carbocycles. The molecule has 168 valence electrons. The van der Waals surface area contributed by atoms with Crippen LogP contribution in [0.5, 0.6) is 5.75 Å². The Labute approximate surface area is 202 Å². The van der Waals surface area contributed by atoms with E-state index in [1.807, 2.05) is 54.4 Å². The minimum atomic E-state index is 0. The standard InChI is InChI=1S/C24H32N4O2.HI/c1-3-25-24(27(2)16-17-30-22-12-5-4-6-13-22)26-18-20-10-7-8-11-21(20)19-28-15-9-14-23(28)29;/h4-8,10-13H,3,9,14-19H2,1-2H3,(H,25,26);1H. The van der Waals surface area contributed by atoms with Crippen LogP contribution >= 0.6 is 24.0 Å². The van der Waals surface area contributed by atoms with E-state index < -0.39 is 0 Å². The number of halogens is 1. The third-order valence-electron chi connectivity index (χ3n) is 5.19. The van der Waals surface area contributed by atoms with Gasteiger partial charge in [0.1, 0.15) is 12.4 Å². The highest BCUT2D eigenvalue weighted by Gasteiger charge is 2.20. The quantitative estimate of drug-likeness (QED) is 0.300. The SMILES string of the molecule is CCNC(=NCc1ccccc1CN1CCCC1=O)N(C)CCOc1ccccc1.I. The van der Waals surface area contributed by atoms with E-state index in [-0.39, 0.29) is 29.9 Å². The second-order valence-corrected chi connectivity index (χ2v) is 7.44. The summed E-state index contributed by atoms with van der Waals surface area (Å²) in [5.74, 6) is 1.97. The van der Waals surface area contributed by atoms with Gasteiger partial charge in [0.25, 0.3) is 0 Å². The van der Waals surface area contributed by atoms with Crippen molar-refractivity contribution in [1.82, 2.24) is 15.1 Å². The number of nitrogens with one attached hydrogen (secondary N) is 1. The molecule has 0 radical (unpaired) electrons. The Kier molecular flexibility index (Phi) is 10.6.